The summed E-state index contributed by atoms with van der Waals surface area (Å²) in [5, 5.41) is 11.9. The number of rotatable bonds is 10. The molecule has 250 valence electrons. The third-order valence-corrected chi connectivity index (χ3v) is 9.14. The topological polar surface area (TPSA) is 126 Å². The normalized spacial score (nSPS) is 16.5. The summed E-state index contributed by atoms with van der Waals surface area (Å²) in [6, 6.07) is 14.5. The number of aryl methyl sites for hydroxylation is 1. The van der Waals surface area contributed by atoms with Crippen molar-refractivity contribution in [2.75, 3.05) is 22.6 Å². The first-order valence-corrected chi connectivity index (χ1v) is 16.4. The third-order valence-electron chi connectivity index (χ3n) is 7.13. The van der Waals surface area contributed by atoms with Crippen molar-refractivity contribution in [2.45, 2.75) is 56.3 Å². The number of anilines is 3. The molecule has 4 rings (SSSR count). The van der Waals surface area contributed by atoms with Crippen molar-refractivity contribution in [1.82, 2.24) is 5.32 Å². The predicted molar refractivity (Wildman–Crippen MR) is 188 cm³/mol. The van der Waals surface area contributed by atoms with E-state index in [9.17, 15) is 19.2 Å². The van der Waals surface area contributed by atoms with Crippen LogP contribution in [0.4, 0.5) is 21.9 Å². The zero-order chi connectivity index (χ0) is 34.7. The van der Waals surface area contributed by atoms with E-state index in [1.807, 2.05) is 20.8 Å². The minimum atomic E-state index is -1.35. The Morgan fingerprint density at radius 2 is 1.49 bits per heavy atom. The van der Waals surface area contributed by atoms with Gasteiger partial charge in [-0.3, -0.25) is 14.4 Å². The van der Waals surface area contributed by atoms with Crippen LogP contribution >= 0.6 is 58.0 Å². The summed E-state index contributed by atoms with van der Waals surface area (Å²) in [6.45, 7) is 7.40. The third kappa shape index (κ3) is 9.67. The van der Waals surface area contributed by atoms with Gasteiger partial charge in [0.1, 0.15) is 4.33 Å². The van der Waals surface area contributed by atoms with E-state index in [0.29, 0.717) is 44.7 Å². The van der Waals surface area contributed by atoms with Gasteiger partial charge >= 0.3 is 6.09 Å². The molecule has 1 saturated carbocycles. The minimum absolute atomic E-state index is 0.104. The number of alkyl carbamates (subject to hydrolysis) is 1. The van der Waals surface area contributed by atoms with Gasteiger partial charge in [-0.15, -0.1) is 23.2 Å². The fraction of sp³-hybridized carbons (Fsp3) is 0.333. The van der Waals surface area contributed by atoms with Gasteiger partial charge in [0.25, 0.3) is 5.91 Å². The molecule has 1 aliphatic rings. The number of hydrogen-bond donors (Lipinski definition) is 4. The highest BCUT2D eigenvalue weighted by atomic mass is 35.5. The van der Waals surface area contributed by atoms with Crippen molar-refractivity contribution >= 4 is 98.9 Å². The van der Waals surface area contributed by atoms with E-state index >= 15 is 0 Å². The second-order valence-corrected chi connectivity index (χ2v) is 14.8. The molecule has 4 amide bonds. The molecule has 3 aromatic carbocycles. The SMILES string of the molecule is Cc1cc(NC(=O)CCCOC(=O)NC(C)(C)C)ccc1NC(=O)c1cc(NC(=O)C2C(c3ccc(Cl)c(Cl)c3)C2(Cl)Cl)ccc1Cl. The van der Waals surface area contributed by atoms with Crippen LogP contribution in [0.2, 0.25) is 15.1 Å². The van der Waals surface area contributed by atoms with Crippen LogP contribution in [0.5, 0.6) is 0 Å². The number of carbonyl (C=O) groups excluding carboxylic acids is 4. The van der Waals surface area contributed by atoms with Gasteiger partial charge < -0.3 is 26.0 Å². The second-order valence-electron chi connectivity index (χ2n) is 12.1. The number of benzene rings is 3. The molecule has 0 bridgehead atoms. The monoisotopic (exact) mass is 740 g/mol. The average molecular weight is 743 g/mol. The largest absolute Gasteiger partial charge is 0.450 e. The van der Waals surface area contributed by atoms with Crippen LogP contribution in [0.1, 0.15) is 61.0 Å². The fourth-order valence-electron chi connectivity index (χ4n) is 4.81. The molecule has 1 fully saturated rings. The lowest BCUT2D eigenvalue weighted by atomic mass is 10.1. The van der Waals surface area contributed by atoms with Crippen molar-refractivity contribution in [3.8, 4) is 0 Å². The minimum Gasteiger partial charge on any atom is -0.450 e. The van der Waals surface area contributed by atoms with E-state index in [1.165, 1.54) is 12.1 Å². The number of hydrogen-bond acceptors (Lipinski definition) is 5. The van der Waals surface area contributed by atoms with Crippen LogP contribution in [0, 0.1) is 12.8 Å². The molecule has 0 radical (unpaired) electrons. The summed E-state index contributed by atoms with van der Waals surface area (Å²) in [6.07, 6.45) is -0.0295. The Balaban J connectivity index is 1.32. The van der Waals surface area contributed by atoms with Crippen molar-refractivity contribution in [3.63, 3.8) is 0 Å². The number of alkyl halides is 2. The lowest BCUT2D eigenvalue weighted by molar-refractivity contribution is -0.117. The summed E-state index contributed by atoms with van der Waals surface area (Å²) in [7, 11) is 0. The van der Waals surface area contributed by atoms with Crippen molar-refractivity contribution in [1.29, 1.82) is 0 Å². The summed E-state index contributed by atoms with van der Waals surface area (Å²) in [5.41, 5.74) is 2.42. The Morgan fingerprint density at radius 1 is 0.830 bits per heavy atom. The van der Waals surface area contributed by atoms with Gasteiger partial charge in [0, 0.05) is 34.9 Å². The number of halogens is 5. The molecule has 0 aromatic heterocycles. The Kier molecular flexibility index (Phi) is 11.6. The second kappa shape index (κ2) is 14.9. The van der Waals surface area contributed by atoms with Gasteiger partial charge in [0.15, 0.2) is 0 Å². The standard InChI is InChI=1S/C33H33Cl5N4O5/c1-17-14-19(39-26(43)6-5-13-47-31(46)42-32(2,3)4)9-12-25(17)41-29(44)21-16-20(8-11-22(21)34)40-30(45)28-27(33(28,37)38)18-7-10-23(35)24(36)15-18/h7-12,14-16,27-28H,5-6,13H2,1-4H3,(H,39,43)(H,40,45)(H,41,44)(H,42,46). The van der Waals surface area contributed by atoms with Gasteiger partial charge in [0.05, 0.1) is 33.2 Å². The summed E-state index contributed by atoms with van der Waals surface area (Å²) < 4.78 is 3.74. The molecule has 0 spiro atoms. The highest BCUT2D eigenvalue weighted by Gasteiger charge is 2.67. The lowest BCUT2D eigenvalue weighted by Gasteiger charge is -2.19. The first-order valence-electron chi connectivity index (χ1n) is 14.6. The molecule has 4 N–H and O–H groups in total. The van der Waals surface area contributed by atoms with Gasteiger partial charge in [-0.2, -0.15) is 0 Å². The van der Waals surface area contributed by atoms with Crippen LogP contribution < -0.4 is 21.3 Å². The smallest absolute Gasteiger partial charge is 0.407 e. The average Bonchev–Trinajstić information content (AvgIpc) is 3.55. The summed E-state index contributed by atoms with van der Waals surface area (Å²) in [4.78, 5) is 50.5. The van der Waals surface area contributed by atoms with Crippen LogP contribution in [-0.4, -0.2) is 40.3 Å². The Labute approximate surface area is 297 Å². The van der Waals surface area contributed by atoms with Gasteiger partial charge in [-0.1, -0.05) is 40.9 Å². The van der Waals surface area contributed by atoms with E-state index < -0.39 is 39.6 Å². The quantitative estimate of drug-likeness (QED) is 0.122. The van der Waals surface area contributed by atoms with Crippen LogP contribution in [-0.2, 0) is 14.3 Å². The van der Waals surface area contributed by atoms with Gasteiger partial charge in [-0.25, -0.2) is 4.79 Å². The first-order chi connectivity index (χ1) is 22.0. The maximum Gasteiger partial charge on any atom is 0.407 e. The Hall–Kier alpha value is -3.21. The molecule has 14 heteroatoms. The molecule has 0 aliphatic heterocycles. The van der Waals surface area contributed by atoms with Gasteiger partial charge in [-0.05, 0) is 93.8 Å². The zero-order valence-electron chi connectivity index (χ0n) is 25.9. The molecule has 9 nitrogen and oxygen atoms in total. The maximum absolute atomic E-state index is 13.2. The van der Waals surface area contributed by atoms with Crippen molar-refractivity contribution < 1.29 is 23.9 Å². The fourth-order valence-corrected chi connectivity index (χ4v) is 6.14. The molecule has 0 saturated heterocycles. The highest BCUT2D eigenvalue weighted by Crippen LogP contribution is 2.65. The zero-order valence-corrected chi connectivity index (χ0v) is 29.7. The van der Waals surface area contributed by atoms with E-state index in [2.05, 4.69) is 21.3 Å². The first kappa shape index (κ1) is 36.6. The number of amides is 4. The van der Waals surface area contributed by atoms with Crippen molar-refractivity contribution in [3.05, 3.63) is 86.4 Å². The Morgan fingerprint density at radius 3 is 2.15 bits per heavy atom. The molecular formula is C33H33Cl5N4O5. The number of ether oxygens (including phenoxy) is 1. The van der Waals surface area contributed by atoms with E-state index in [1.54, 1.807) is 49.4 Å². The van der Waals surface area contributed by atoms with Gasteiger partial charge in [0.2, 0.25) is 11.8 Å². The summed E-state index contributed by atoms with van der Waals surface area (Å²) in [5.74, 6) is -2.47. The molecule has 2 atom stereocenters. The summed E-state index contributed by atoms with van der Waals surface area (Å²) >= 11 is 31.4. The van der Waals surface area contributed by atoms with E-state index in [4.69, 9.17) is 62.7 Å². The van der Waals surface area contributed by atoms with Crippen LogP contribution in [0.15, 0.2) is 54.6 Å². The van der Waals surface area contributed by atoms with Crippen LogP contribution in [0.3, 0.4) is 0 Å². The van der Waals surface area contributed by atoms with Crippen LogP contribution in [0.25, 0.3) is 0 Å². The highest BCUT2D eigenvalue weighted by molar-refractivity contribution is 6.53. The maximum atomic E-state index is 13.2. The van der Waals surface area contributed by atoms with Crippen molar-refractivity contribution in [2.24, 2.45) is 5.92 Å². The molecule has 47 heavy (non-hydrogen) atoms. The van der Waals surface area contributed by atoms with E-state index in [-0.39, 0.29) is 29.5 Å². The van der Waals surface area contributed by atoms with E-state index in [0.717, 1.165) is 0 Å². The molecule has 3 aromatic rings. The molecular weight excluding hydrogens is 710 g/mol. The molecule has 1 aliphatic carbocycles. The predicted octanol–water partition coefficient (Wildman–Crippen LogP) is 8.98. The molecule has 0 heterocycles. The number of carbonyl (C=O) groups is 4. The lowest BCUT2D eigenvalue weighted by Crippen LogP contribution is -2.41. The number of nitrogens with one attached hydrogen (secondary N) is 4. The molecule has 2 unspecified atom stereocenters. The Bertz CT molecular complexity index is 1710.